The van der Waals surface area contributed by atoms with Crippen molar-refractivity contribution < 1.29 is 14.7 Å². The van der Waals surface area contributed by atoms with Gasteiger partial charge in [-0.05, 0) is 28.8 Å². The van der Waals surface area contributed by atoms with E-state index in [2.05, 4.69) is 20.9 Å². The summed E-state index contributed by atoms with van der Waals surface area (Å²) in [7, 11) is 0. The number of urea groups is 1. The molecule has 0 saturated carbocycles. The van der Waals surface area contributed by atoms with Crippen LogP contribution in [0.3, 0.4) is 0 Å². The highest BCUT2D eigenvalue weighted by molar-refractivity contribution is 7.08. The zero-order valence-corrected chi connectivity index (χ0v) is 12.2. The van der Waals surface area contributed by atoms with Crippen LogP contribution in [0.4, 0.5) is 4.79 Å². The van der Waals surface area contributed by atoms with Crippen molar-refractivity contribution in [2.45, 2.75) is 20.0 Å². The summed E-state index contributed by atoms with van der Waals surface area (Å²) in [5.41, 5.74) is 2.13. The van der Waals surface area contributed by atoms with Crippen LogP contribution < -0.4 is 10.6 Å². The van der Waals surface area contributed by atoms with E-state index in [1.165, 1.54) is 10.9 Å². The molecule has 0 bridgehead atoms. The molecular formula is C12H15N5O3S. The molecule has 0 atom stereocenters. The molecule has 3 N–H and O–H groups in total. The first-order valence-corrected chi connectivity index (χ1v) is 7.17. The summed E-state index contributed by atoms with van der Waals surface area (Å²) in [5.74, 6) is -1.13. The lowest BCUT2D eigenvalue weighted by Crippen LogP contribution is -2.36. The topological polar surface area (TPSA) is 109 Å². The molecule has 0 aromatic carbocycles. The first-order valence-electron chi connectivity index (χ1n) is 6.23. The van der Waals surface area contributed by atoms with E-state index in [-0.39, 0.29) is 11.7 Å². The van der Waals surface area contributed by atoms with Crippen molar-refractivity contribution >= 4 is 23.3 Å². The van der Waals surface area contributed by atoms with Crippen molar-refractivity contribution in [2.75, 3.05) is 6.54 Å². The van der Waals surface area contributed by atoms with E-state index in [1.54, 1.807) is 11.3 Å². The molecule has 21 heavy (non-hydrogen) atoms. The van der Waals surface area contributed by atoms with Crippen molar-refractivity contribution in [1.82, 2.24) is 25.6 Å². The van der Waals surface area contributed by atoms with Gasteiger partial charge in [0.15, 0.2) is 5.69 Å². The fourth-order valence-corrected chi connectivity index (χ4v) is 2.45. The summed E-state index contributed by atoms with van der Waals surface area (Å²) in [5, 5.41) is 25.3. The average molecular weight is 309 g/mol. The molecule has 8 nitrogen and oxygen atoms in total. The summed E-state index contributed by atoms with van der Waals surface area (Å²) in [6.07, 6.45) is 1.32. The molecule has 2 amide bonds. The van der Waals surface area contributed by atoms with Crippen molar-refractivity contribution in [3.8, 4) is 0 Å². The molecular weight excluding hydrogens is 294 g/mol. The molecule has 9 heteroatoms. The highest BCUT2D eigenvalue weighted by Gasteiger charge is 2.08. The molecule has 0 aliphatic heterocycles. The van der Waals surface area contributed by atoms with Gasteiger partial charge >= 0.3 is 12.0 Å². The minimum absolute atomic E-state index is 0.118. The Morgan fingerprint density at radius 3 is 2.81 bits per heavy atom. The molecule has 0 fully saturated rings. The first kappa shape index (κ1) is 15.0. The molecule has 0 radical (unpaired) electrons. The smallest absolute Gasteiger partial charge is 0.358 e. The molecule has 2 aromatic rings. The summed E-state index contributed by atoms with van der Waals surface area (Å²) in [4.78, 5) is 22.2. The highest BCUT2D eigenvalue weighted by Crippen LogP contribution is 2.12. The van der Waals surface area contributed by atoms with Crippen LogP contribution in [0.15, 0.2) is 17.0 Å². The Bertz CT molecular complexity index is 636. The van der Waals surface area contributed by atoms with E-state index in [0.29, 0.717) is 19.6 Å². The van der Waals surface area contributed by atoms with Crippen LogP contribution in [0, 0.1) is 6.92 Å². The number of aromatic carboxylic acids is 1. The number of carboxylic acids is 1. The van der Waals surface area contributed by atoms with E-state index in [9.17, 15) is 9.59 Å². The van der Waals surface area contributed by atoms with Crippen molar-refractivity contribution in [1.29, 1.82) is 0 Å². The number of nitrogens with one attached hydrogen (secondary N) is 2. The molecule has 0 saturated heterocycles. The molecule has 112 valence electrons. The minimum atomic E-state index is -1.13. The molecule has 0 unspecified atom stereocenters. The Labute approximate surface area is 124 Å². The van der Waals surface area contributed by atoms with E-state index in [4.69, 9.17) is 5.11 Å². The minimum Gasteiger partial charge on any atom is -0.476 e. The highest BCUT2D eigenvalue weighted by atomic mass is 32.1. The summed E-state index contributed by atoms with van der Waals surface area (Å²) < 4.78 is 1.37. The number of hydrogen-bond donors (Lipinski definition) is 3. The number of aromatic nitrogens is 3. The lowest BCUT2D eigenvalue weighted by atomic mass is 10.2. The van der Waals surface area contributed by atoms with Gasteiger partial charge < -0.3 is 15.7 Å². The van der Waals surface area contributed by atoms with Crippen molar-refractivity contribution in [3.05, 3.63) is 33.8 Å². The quantitative estimate of drug-likeness (QED) is 0.733. The molecule has 2 aromatic heterocycles. The number of hydrogen-bond acceptors (Lipinski definition) is 5. The second-order valence-corrected chi connectivity index (χ2v) is 5.11. The van der Waals surface area contributed by atoms with Gasteiger partial charge in [0.05, 0.1) is 12.7 Å². The average Bonchev–Trinajstić information content (AvgIpc) is 3.06. The van der Waals surface area contributed by atoms with Crippen molar-refractivity contribution in [2.24, 2.45) is 0 Å². The van der Waals surface area contributed by atoms with Crippen LogP contribution in [0.5, 0.6) is 0 Å². The maximum absolute atomic E-state index is 11.6. The van der Waals surface area contributed by atoms with E-state index < -0.39 is 5.97 Å². The van der Waals surface area contributed by atoms with Gasteiger partial charge in [-0.2, -0.15) is 11.3 Å². The zero-order valence-electron chi connectivity index (χ0n) is 11.4. The lowest BCUT2D eigenvalue weighted by Gasteiger charge is -2.07. The van der Waals surface area contributed by atoms with Gasteiger partial charge in [-0.25, -0.2) is 14.3 Å². The van der Waals surface area contributed by atoms with Gasteiger partial charge in [-0.15, -0.1) is 5.10 Å². The molecule has 0 aliphatic rings. The fourth-order valence-electron chi connectivity index (χ4n) is 1.60. The van der Waals surface area contributed by atoms with Crippen LogP contribution >= 0.6 is 11.3 Å². The van der Waals surface area contributed by atoms with Gasteiger partial charge in [0.25, 0.3) is 0 Å². The zero-order chi connectivity index (χ0) is 15.2. The number of carbonyl (C=O) groups is 2. The monoisotopic (exact) mass is 309 g/mol. The summed E-state index contributed by atoms with van der Waals surface area (Å²) >= 11 is 1.60. The largest absolute Gasteiger partial charge is 0.476 e. The number of carbonyl (C=O) groups excluding carboxylic acids is 1. The van der Waals surface area contributed by atoms with E-state index in [1.807, 2.05) is 17.7 Å². The third kappa shape index (κ3) is 4.28. The maximum atomic E-state index is 11.6. The number of nitrogens with zero attached hydrogens (tertiary/aromatic N) is 3. The fraction of sp³-hybridized carbons (Fsp3) is 0.333. The molecule has 2 heterocycles. The third-order valence-electron chi connectivity index (χ3n) is 2.79. The molecule has 0 spiro atoms. The third-order valence-corrected chi connectivity index (χ3v) is 3.70. The second kappa shape index (κ2) is 6.84. The Balaban J connectivity index is 1.69. The van der Waals surface area contributed by atoms with Gasteiger partial charge in [-0.3, -0.25) is 0 Å². The van der Waals surface area contributed by atoms with Crippen LogP contribution in [-0.4, -0.2) is 38.6 Å². The van der Waals surface area contributed by atoms with Crippen molar-refractivity contribution in [3.63, 3.8) is 0 Å². The number of amides is 2. The van der Waals surface area contributed by atoms with Crippen LogP contribution in [0.25, 0.3) is 0 Å². The Morgan fingerprint density at radius 2 is 2.19 bits per heavy atom. The number of thiophene rings is 1. The number of carboxylic acid groups (broad SMARTS) is 1. The Hall–Kier alpha value is -2.42. The summed E-state index contributed by atoms with van der Waals surface area (Å²) in [6, 6.07) is -0.279. The number of rotatable bonds is 6. The predicted molar refractivity (Wildman–Crippen MR) is 76.3 cm³/mol. The molecule has 2 rings (SSSR count). The van der Waals surface area contributed by atoms with Gasteiger partial charge in [-0.1, -0.05) is 5.21 Å². The standard InChI is InChI=1S/C12H15N5O3S/c1-8-6-21-7-9(8)4-14-12(20)13-2-3-17-5-10(11(18)19)15-16-17/h5-7H,2-4H2,1H3,(H,18,19)(H2,13,14,20). The molecule has 0 aliphatic carbocycles. The predicted octanol–water partition coefficient (Wildman–Crippen LogP) is 0.846. The van der Waals surface area contributed by atoms with Gasteiger partial charge in [0, 0.05) is 13.1 Å². The maximum Gasteiger partial charge on any atom is 0.358 e. The Kier molecular flexibility index (Phi) is 4.88. The Morgan fingerprint density at radius 1 is 1.38 bits per heavy atom. The SMILES string of the molecule is Cc1cscc1CNC(=O)NCCn1cc(C(=O)O)nn1. The van der Waals surface area contributed by atoms with E-state index >= 15 is 0 Å². The lowest BCUT2D eigenvalue weighted by molar-refractivity contribution is 0.0690. The second-order valence-electron chi connectivity index (χ2n) is 4.36. The normalized spacial score (nSPS) is 10.3. The summed E-state index contributed by atoms with van der Waals surface area (Å²) in [6.45, 7) is 3.16. The van der Waals surface area contributed by atoms with Gasteiger partial charge in [0.1, 0.15) is 0 Å². The van der Waals surface area contributed by atoms with Crippen LogP contribution in [0.1, 0.15) is 21.6 Å². The number of aryl methyl sites for hydroxylation is 1. The van der Waals surface area contributed by atoms with Gasteiger partial charge in [0.2, 0.25) is 0 Å². The van der Waals surface area contributed by atoms with E-state index in [0.717, 1.165) is 11.1 Å². The van der Waals surface area contributed by atoms with Crippen LogP contribution in [0.2, 0.25) is 0 Å². The first-order chi connectivity index (χ1) is 10.1. The van der Waals surface area contributed by atoms with Crippen LogP contribution in [-0.2, 0) is 13.1 Å².